The van der Waals surface area contributed by atoms with E-state index in [1.54, 1.807) is 13.0 Å². The second kappa shape index (κ2) is 6.49. The maximum Gasteiger partial charge on any atom is 0.321 e. The lowest BCUT2D eigenvalue weighted by atomic mass is 10.1. The molecule has 1 rings (SSSR count). The van der Waals surface area contributed by atoms with Crippen LogP contribution in [0.1, 0.15) is 15.9 Å². The molecule has 18 heavy (non-hydrogen) atoms. The van der Waals surface area contributed by atoms with Gasteiger partial charge in [0.2, 0.25) is 0 Å². The number of methoxy groups -OCH3 is 1. The number of carbonyl (C=O) groups excluding carboxylic acids is 2. The summed E-state index contributed by atoms with van der Waals surface area (Å²) in [7, 11) is 1.25. The molecule has 0 aliphatic rings. The van der Waals surface area contributed by atoms with Gasteiger partial charge in [0.25, 0.3) is 5.91 Å². The summed E-state index contributed by atoms with van der Waals surface area (Å²) in [6.45, 7) is 1.76. The number of esters is 1. The fourth-order valence-corrected chi connectivity index (χ4v) is 1.64. The van der Waals surface area contributed by atoms with Crippen molar-refractivity contribution in [2.45, 2.75) is 11.8 Å². The first-order valence-electron chi connectivity index (χ1n) is 5.22. The van der Waals surface area contributed by atoms with E-state index >= 15 is 0 Å². The van der Waals surface area contributed by atoms with Gasteiger partial charge in [0, 0.05) is 6.54 Å². The number of ether oxygens (including phenoxy) is 1. The van der Waals surface area contributed by atoms with Crippen LogP contribution in [0.4, 0.5) is 4.39 Å². The van der Waals surface area contributed by atoms with Crippen molar-refractivity contribution < 1.29 is 18.7 Å². The second-order valence-corrected chi connectivity index (χ2v) is 4.79. The zero-order chi connectivity index (χ0) is 13.7. The van der Waals surface area contributed by atoms with Crippen LogP contribution in [0.15, 0.2) is 18.2 Å². The van der Waals surface area contributed by atoms with Crippen molar-refractivity contribution in [2.24, 2.45) is 0 Å². The number of rotatable bonds is 4. The van der Waals surface area contributed by atoms with Gasteiger partial charge >= 0.3 is 5.97 Å². The lowest BCUT2D eigenvalue weighted by Gasteiger charge is -2.09. The number of alkyl halides is 1. The molecule has 0 fully saturated rings. The van der Waals surface area contributed by atoms with E-state index in [9.17, 15) is 14.0 Å². The highest BCUT2D eigenvalue weighted by molar-refractivity contribution is 9.10. The third-order valence-corrected chi connectivity index (χ3v) is 2.97. The Morgan fingerprint density at radius 1 is 1.50 bits per heavy atom. The van der Waals surface area contributed by atoms with E-state index in [0.29, 0.717) is 0 Å². The Kier molecular flexibility index (Phi) is 5.27. The standard InChI is InChI=1S/C12H13BrFNO3/c1-7-3-4-8(10(14)5-7)11(16)15-6-9(13)12(17)18-2/h3-5,9H,6H2,1-2H3,(H,15,16). The van der Waals surface area contributed by atoms with E-state index in [2.05, 4.69) is 26.0 Å². The van der Waals surface area contributed by atoms with Gasteiger partial charge in [-0.05, 0) is 24.6 Å². The first-order chi connectivity index (χ1) is 8.45. The largest absolute Gasteiger partial charge is 0.468 e. The molecule has 98 valence electrons. The minimum atomic E-state index is -0.653. The van der Waals surface area contributed by atoms with Crippen molar-refractivity contribution in [3.05, 3.63) is 35.1 Å². The summed E-state index contributed by atoms with van der Waals surface area (Å²) in [5, 5.41) is 2.45. The highest BCUT2D eigenvalue weighted by Crippen LogP contribution is 2.10. The molecule has 0 bridgehead atoms. The van der Waals surface area contributed by atoms with Crippen LogP contribution in [0.2, 0.25) is 0 Å². The molecule has 0 heterocycles. The Hall–Kier alpha value is -1.43. The number of aryl methyl sites for hydroxylation is 1. The number of hydrogen-bond acceptors (Lipinski definition) is 3. The lowest BCUT2D eigenvalue weighted by molar-refractivity contribution is -0.139. The van der Waals surface area contributed by atoms with Gasteiger partial charge in [0.1, 0.15) is 10.6 Å². The summed E-state index contributed by atoms with van der Waals surface area (Å²) in [5.74, 6) is -1.66. The van der Waals surface area contributed by atoms with E-state index in [0.717, 1.165) is 5.56 Å². The molecule has 1 unspecified atom stereocenters. The first kappa shape index (κ1) is 14.6. The SMILES string of the molecule is COC(=O)C(Br)CNC(=O)c1ccc(C)cc1F. The smallest absolute Gasteiger partial charge is 0.321 e. The van der Waals surface area contributed by atoms with Crippen LogP contribution >= 0.6 is 15.9 Å². The Morgan fingerprint density at radius 2 is 2.17 bits per heavy atom. The number of nitrogens with one attached hydrogen (secondary N) is 1. The molecule has 0 spiro atoms. The van der Waals surface area contributed by atoms with Crippen LogP contribution in [0.25, 0.3) is 0 Å². The molecule has 1 atom stereocenters. The van der Waals surface area contributed by atoms with Gasteiger partial charge in [-0.2, -0.15) is 0 Å². The molecule has 6 heteroatoms. The minimum absolute atomic E-state index is 0.0266. The van der Waals surface area contributed by atoms with Crippen LogP contribution in [0, 0.1) is 12.7 Å². The Labute approximate surface area is 113 Å². The second-order valence-electron chi connectivity index (χ2n) is 3.68. The van der Waals surface area contributed by atoms with Crippen LogP contribution in [0.3, 0.4) is 0 Å². The van der Waals surface area contributed by atoms with E-state index in [1.165, 1.54) is 19.2 Å². The molecule has 1 aromatic carbocycles. The van der Waals surface area contributed by atoms with Crippen LogP contribution in [-0.4, -0.2) is 30.4 Å². The molecule has 4 nitrogen and oxygen atoms in total. The predicted octanol–water partition coefficient (Wildman–Crippen LogP) is 1.80. The molecule has 0 saturated carbocycles. The fourth-order valence-electron chi connectivity index (χ4n) is 1.29. The van der Waals surface area contributed by atoms with Crippen molar-refractivity contribution in [1.82, 2.24) is 5.32 Å². The van der Waals surface area contributed by atoms with Gasteiger partial charge in [0.15, 0.2) is 0 Å². The number of hydrogen-bond donors (Lipinski definition) is 1. The van der Waals surface area contributed by atoms with Crippen molar-refractivity contribution in [2.75, 3.05) is 13.7 Å². The van der Waals surface area contributed by atoms with Crippen LogP contribution < -0.4 is 5.32 Å². The maximum absolute atomic E-state index is 13.5. The third kappa shape index (κ3) is 3.80. The summed E-state index contributed by atoms with van der Waals surface area (Å²) < 4.78 is 18.0. The Morgan fingerprint density at radius 3 is 2.72 bits per heavy atom. The van der Waals surface area contributed by atoms with Crippen molar-refractivity contribution in [3.8, 4) is 0 Å². The van der Waals surface area contributed by atoms with Gasteiger partial charge in [-0.1, -0.05) is 22.0 Å². The lowest BCUT2D eigenvalue weighted by Crippen LogP contribution is -2.34. The molecule has 1 aromatic rings. The number of halogens is 2. The molecular formula is C12H13BrFNO3. The normalized spacial score (nSPS) is 11.8. The average Bonchev–Trinajstić information content (AvgIpc) is 2.34. The summed E-state index contributed by atoms with van der Waals surface area (Å²) in [5.41, 5.74) is 0.683. The zero-order valence-electron chi connectivity index (χ0n) is 10.00. The molecule has 0 saturated heterocycles. The summed E-state index contributed by atoms with van der Waals surface area (Å²) in [6.07, 6.45) is 0. The number of carbonyl (C=O) groups is 2. The van der Waals surface area contributed by atoms with Gasteiger partial charge in [0.05, 0.1) is 12.7 Å². The molecule has 0 aliphatic heterocycles. The Balaban J connectivity index is 2.63. The van der Waals surface area contributed by atoms with Crippen LogP contribution in [-0.2, 0) is 9.53 Å². The zero-order valence-corrected chi connectivity index (χ0v) is 11.6. The van der Waals surface area contributed by atoms with Gasteiger partial charge in [-0.3, -0.25) is 9.59 Å². The van der Waals surface area contributed by atoms with E-state index < -0.39 is 22.5 Å². The monoisotopic (exact) mass is 317 g/mol. The van der Waals surface area contributed by atoms with Crippen molar-refractivity contribution in [1.29, 1.82) is 0 Å². The highest BCUT2D eigenvalue weighted by atomic mass is 79.9. The highest BCUT2D eigenvalue weighted by Gasteiger charge is 2.18. The quantitative estimate of drug-likeness (QED) is 0.680. The van der Waals surface area contributed by atoms with Gasteiger partial charge < -0.3 is 10.1 Å². The molecule has 0 radical (unpaired) electrons. The molecular weight excluding hydrogens is 305 g/mol. The predicted molar refractivity (Wildman–Crippen MR) is 68.2 cm³/mol. The van der Waals surface area contributed by atoms with E-state index in [4.69, 9.17) is 0 Å². The number of amides is 1. The fraction of sp³-hybridized carbons (Fsp3) is 0.333. The maximum atomic E-state index is 13.5. The summed E-state index contributed by atoms with van der Waals surface area (Å²) >= 11 is 3.05. The van der Waals surface area contributed by atoms with Crippen molar-refractivity contribution in [3.63, 3.8) is 0 Å². The molecule has 0 aliphatic carbocycles. The summed E-state index contributed by atoms with van der Waals surface area (Å²) in [6, 6.07) is 4.33. The van der Waals surface area contributed by atoms with E-state index in [-0.39, 0.29) is 12.1 Å². The topological polar surface area (TPSA) is 55.4 Å². The first-order valence-corrected chi connectivity index (χ1v) is 6.13. The Bertz CT molecular complexity index is 465. The van der Waals surface area contributed by atoms with Gasteiger partial charge in [-0.25, -0.2) is 4.39 Å². The van der Waals surface area contributed by atoms with Crippen molar-refractivity contribution >= 4 is 27.8 Å². The van der Waals surface area contributed by atoms with Gasteiger partial charge in [-0.15, -0.1) is 0 Å². The number of benzene rings is 1. The molecule has 1 N–H and O–H groups in total. The third-order valence-electron chi connectivity index (χ3n) is 2.27. The van der Waals surface area contributed by atoms with Crippen LogP contribution in [0.5, 0.6) is 0 Å². The minimum Gasteiger partial charge on any atom is -0.468 e. The molecule has 1 amide bonds. The average molecular weight is 318 g/mol. The molecule has 0 aromatic heterocycles. The van der Waals surface area contributed by atoms with E-state index in [1.807, 2.05) is 0 Å². The summed E-state index contributed by atoms with van der Waals surface area (Å²) in [4.78, 5) is 22.1.